The minimum atomic E-state index is 0.0270. The number of benzene rings is 2. The molecule has 0 unspecified atom stereocenters. The summed E-state index contributed by atoms with van der Waals surface area (Å²) in [5.41, 5.74) is 3.06. The Morgan fingerprint density at radius 2 is 1.58 bits per heavy atom. The molecule has 4 rings (SSSR count). The van der Waals surface area contributed by atoms with E-state index in [0.29, 0.717) is 6.54 Å². The molecule has 1 N–H and O–H groups in total. The van der Waals surface area contributed by atoms with Gasteiger partial charge in [0.2, 0.25) is 0 Å². The summed E-state index contributed by atoms with van der Waals surface area (Å²) >= 11 is 0. The highest BCUT2D eigenvalue weighted by Crippen LogP contribution is 2.17. The van der Waals surface area contributed by atoms with Gasteiger partial charge in [0, 0.05) is 49.5 Å². The summed E-state index contributed by atoms with van der Waals surface area (Å²) in [7, 11) is 0. The summed E-state index contributed by atoms with van der Waals surface area (Å²) in [5.74, 6) is 0. The zero-order valence-electron chi connectivity index (χ0n) is 13.6. The molecule has 24 heavy (non-hydrogen) atoms. The average molecular weight is 319 g/mol. The topological polar surface area (TPSA) is 39.3 Å². The molecule has 1 aliphatic heterocycles. The molecule has 0 aliphatic carbocycles. The number of H-pyrrole nitrogens is 1. The number of fused-ring (bicyclic) bond motifs is 1. The summed E-state index contributed by atoms with van der Waals surface area (Å²) < 4.78 is 0. The SMILES string of the molecule is O=c1[nH]c2ccccc2cc1CN1CCN(c2ccccc2)CC1. The molecule has 2 aromatic carbocycles. The molecule has 2 heterocycles. The maximum atomic E-state index is 12.3. The molecule has 122 valence electrons. The van der Waals surface area contributed by atoms with Crippen molar-refractivity contribution in [1.82, 2.24) is 9.88 Å². The fourth-order valence-electron chi connectivity index (χ4n) is 3.35. The predicted octanol–water partition coefficient (Wildman–Crippen LogP) is 2.85. The average Bonchev–Trinajstić information content (AvgIpc) is 2.64. The third-order valence-electron chi connectivity index (χ3n) is 4.72. The van der Waals surface area contributed by atoms with Crippen molar-refractivity contribution in [2.24, 2.45) is 0 Å². The molecule has 0 saturated carbocycles. The van der Waals surface area contributed by atoms with Gasteiger partial charge in [0.15, 0.2) is 0 Å². The number of aromatic nitrogens is 1. The summed E-state index contributed by atoms with van der Waals surface area (Å²) in [4.78, 5) is 20.1. The third-order valence-corrected chi connectivity index (χ3v) is 4.72. The Balaban J connectivity index is 1.46. The maximum absolute atomic E-state index is 12.3. The van der Waals surface area contributed by atoms with Crippen molar-refractivity contribution >= 4 is 16.6 Å². The number of anilines is 1. The Bertz CT molecular complexity index is 880. The van der Waals surface area contributed by atoms with Crippen LogP contribution >= 0.6 is 0 Å². The van der Waals surface area contributed by atoms with Crippen molar-refractivity contribution in [3.63, 3.8) is 0 Å². The number of aromatic amines is 1. The third kappa shape index (κ3) is 3.05. The van der Waals surface area contributed by atoms with Gasteiger partial charge in [-0.15, -0.1) is 0 Å². The molecule has 1 fully saturated rings. The first-order chi connectivity index (χ1) is 11.8. The molecule has 0 bridgehead atoms. The van der Waals surface area contributed by atoms with Crippen LogP contribution in [0.1, 0.15) is 5.56 Å². The second-order valence-corrected chi connectivity index (χ2v) is 6.31. The molecule has 1 saturated heterocycles. The van der Waals surface area contributed by atoms with Gasteiger partial charge in [-0.3, -0.25) is 9.69 Å². The Morgan fingerprint density at radius 3 is 2.38 bits per heavy atom. The molecule has 0 atom stereocenters. The van der Waals surface area contributed by atoms with Crippen LogP contribution in [0.15, 0.2) is 65.5 Å². The van der Waals surface area contributed by atoms with Crippen LogP contribution in [0.2, 0.25) is 0 Å². The molecule has 0 amide bonds. The highest BCUT2D eigenvalue weighted by atomic mass is 16.1. The van der Waals surface area contributed by atoms with E-state index in [2.05, 4.69) is 39.0 Å². The Kier molecular flexibility index (Phi) is 4.05. The first-order valence-corrected chi connectivity index (χ1v) is 8.43. The van der Waals surface area contributed by atoms with Crippen LogP contribution in [0.5, 0.6) is 0 Å². The predicted molar refractivity (Wildman–Crippen MR) is 98.5 cm³/mol. The number of rotatable bonds is 3. The number of nitrogens with zero attached hydrogens (tertiary/aromatic N) is 2. The van der Waals surface area contributed by atoms with Crippen LogP contribution in [0, 0.1) is 0 Å². The lowest BCUT2D eigenvalue weighted by Crippen LogP contribution is -2.46. The minimum absolute atomic E-state index is 0.0270. The van der Waals surface area contributed by atoms with Crippen molar-refractivity contribution in [2.45, 2.75) is 6.54 Å². The van der Waals surface area contributed by atoms with Gasteiger partial charge >= 0.3 is 0 Å². The number of para-hydroxylation sites is 2. The number of nitrogens with one attached hydrogen (secondary N) is 1. The summed E-state index contributed by atoms with van der Waals surface area (Å²) in [6, 6.07) is 20.5. The molecular weight excluding hydrogens is 298 g/mol. The Labute approximate surface area is 141 Å². The van der Waals surface area contributed by atoms with Crippen molar-refractivity contribution in [1.29, 1.82) is 0 Å². The molecule has 1 aromatic heterocycles. The van der Waals surface area contributed by atoms with Gasteiger partial charge in [-0.05, 0) is 29.7 Å². The van der Waals surface area contributed by atoms with E-state index < -0.39 is 0 Å². The van der Waals surface area contributed by atoms with Gasteiger partial charge in [-0.25, -0.2) is 0 Å². The Hall–Kier alpha value is -2.59. The summed E-state index contributed by atoms with van der Waals surface area (Å²) in [6.07, 6.45) is 0. The molecule has 4 nitrogen and oxygen atoms in total. The monoisotopic (exact) mass is 319 g/mol. The minimum Gasteiger partial charge on any atom is -0.369 e. The van der Waals surface area contributed by atoms with E-state index in [9.17, 15) is 4.79 Å². The smallest absolute Gasteiger partial charge is 0.252 e. The molecule has 0 spiro atoms. The van der Waals surface area contributed by atoms with Crippen LogP contribution in [-0.2, 0) is 6.54 Å². The first-order valence-electron chi connectivity index (χ1n) is 8.43. The molecule has 0 radical (unpaired) electrons. The fraction of sp³-hybridized carbons (Fsp3) is 0.250. The number of hydrogen-bond donors (Lipinski definition) is 1. The van der Waals surface area contributed by atoms with Crippen LogP contribution < -0.4 is 10.5 Å². The maximum Gasteiger partial charge on any atom is 0.252 e. The van der Waals surface area contributed by atoms with Gasteiger partial charge in [0.05, 0.1) is 0 Å². The number of piperazine rings is 1. The van der Waals surface area contributed by atoms with E-state index >= 15 is 0 Å². The zero-order valence-corrected chi connectivity index (χ0v) is 13.6. The largest absolute Gasteiger partial charge is 0.369 e. The molecule has 3 aromatic rings. The van der Waals surface area contributed by atoms with Gasteiger partial charge in [0.25, 0.3) is 5.56 Å². The van der Waals surface area contributed by atoms with E-state index in [1.54, 1.807) is 0 Å². The zero-order chi connectivity index (χ0) is 16.4. The van der Waals surface area contributed by atoms with Gasteiger partial charge in [-0.2, -0.15) is 0 Å². The summed E-state index contributed by atoms with van der Waals surface area (Å²) in [6.45, 7) is 4.65. The van der Waals surface area contributed by atoms with Crippen LogP contribution in [0.4, 0.5) is 5.69 Å². The van der Waals surface area contributed by atoms with Crippen molar-refractivity contribution < 1.29 is 0 Å². The van der Waals surface area contributed by atoms with E-state index in [4.69, 9.17) is 0 Å². The summed E-state index contributed by atoms with van der Waals surface area (Å²) in [5, 5.41) is 1.09. The highest BCUT2D eigenvalue weighted by molar-refractivity contribution is 5.78. The Morgan fingerprint density at radius 1 is 0.875 bits per heavy atom. The lowest BCUT2D eigenvalue weighted by molar-refractivity contribution is 0.249. The van der Waals surface area contributed by atoms with E-state index in [-0.39, 0.29) is 5.56 Å². The molecule has 4 heteroatoms. The fourth-order valence-corrected chi connectivity index (χ4v) is 3.35. The highest BCUT2D eigenvalue weighted by Gasteiger charge is 2.18. The number of pyridine rings is 1. The second kappa shape index (κ2) is 6.49. The number of hydrogen-bond acceptors (Lipinski definition) is 3. The van der Waals surface area contributed by atoms with Crippen LogP contribution in [0.25, 0.3) is 10.9 Å². The second-order valence-electron chi connectivity index (χ2n) is 6.31. The lowest BCUT2D eigenvalue weighted by atomic mass is 10.1. The normalized spacial score (nSPS) is 15.8. The van der Waals surface area contributed by atoms with E-state index in [0.717, 1.165) is 42.6 Å². The van der Waals surface area contributed by atoms with E-state index in [1.807, 2.05) is 36.4 Å². The lowest BCUT2D eigenvalue weighted by Gasteiger charge is -2.36. The standard InChI is InChI=1S/C20H21N3O/c24-20-17(14-16-6-4-5-9-19(16)21-20)15-22-10-12-23(13-11-22)18-7-2-1-3-8-18/h1-9,14H,10-13,15H2,(H,21,24). The van der Waals surface area contributed by atoms with Crippen molar-refractivity contribution in [3.05, 3.63) is 76.6 Å². The van der Waals surface area contributed by atoms with Crippen LogP contribution in [-0.4, -0.2) is 36.1 Å². The van der Waals surface area contributed by atoms with Gasteiger partial charge in [-0.1, -0.05) is 36.4 Å². The van der Waals surface area contributed by atoms with Gasteiger partial charge < -0.3 is 9.88 Å². The molecular formula is C20H21N3O. The van der Waals surface area contributed by atoms with E-state index in [1.165, 1.54) is 5.69 Å². The quantitative estimate of drug-likeness (QED) is 0.807. The molecule has 1 aliphatic rings. The van der Waals surface area contributed by atoms with Crippen LogP contribution in [0.3, 0.4) is 0 Å². The van der Waals surface area contributed by atoms with Crippen molar-refractivity contribution in [2.75, 3.05) is 31.1 Å². The first kappa shape index (κ1) is 15.0. The van der Waals surface area contributed by atoms with Crippen molar-refractivity contribution in [3.8, 4) is 0 Å². The van der Waals surface area contributed by atoms with Gasteiger partial charge in [0.1, 0.15) is 0 Å².